The lowest BCUT2D eigenvalue weighted by atomic mass is 10.0. The van der Waals surface area contributed by atoms with Crippen LogP contribution in [0.4, 0.5) is 0 Å². The Morgan fingerprint density at radius 2 is 0.456 bits per heavy atom. The SMILES string of the molecule is CCCCCCC/C=C\C/C=C\CCCCCCCCCCCC(=O)OC(COC(=O)CCCCCCCCCCCCC/C=C\CCCCCCCCCC)COC(=O)CCCCCCCCCCCCCCCCCCC. The molecule has 0 saturated carbocycles. The molecule has 0 fully saturated rings. The van der Waals surface area contributed by atoms with Gasteiger partial charge in [0.2, 0.25) is 0 Å². The number of allylic oxidation sites excluding steroid dienone is 6. The van der Waals surface area contributed by atoms with E-state index in [1.165, 1.54) is 289 Å². The molecule has 0 heterocycles. The molecule has 0 saturated heterocycles. The molecule has 0 aliphatic rings. The highest BCUT2D eigenvalue weighted by Crippen LogP contribution is 2.18. The molecule has 1 atom stereocenters. The van der Waals surface area contributed by atoms with Crippen LogP contribution in [0, 0.1) is 0 Å². The molecule has 0 radical (unpaired) electrons. The minimum Gasteiger partial charge on any atom is -0.462 e. The zero-order chi connectivity index (χ0) is 57.1. The number of carbonyl (C=O) groups is 3. The molecule has 464 valence electrons. The molecule has 79 heavy (non-hydrogen) atoms. The third kappa shape index (κ3) is 66.3. The zero-order valence-electron chi connectivity index (χ0n) is 53.4. The summed E-state index contributed by atoms with van der Waals surface area (Å²) in [6, 6.07) is 0. The Morgan fingerprint density at radius 1 is 0.253 bits per heavy atom. The lowest BCUT2D eigenvalue weighted by Gasteiger charge is -2.18. The van der Waals surface area contributed by atoms with Gasteiger partial charge in [0.25, 0.3) is 0 Å². The van der Waals surface area contributed by atoms with Gasteiger partial charge in [0.1, 0.15) is 13.2 Å². The van der Waals surface area contributed by atoms with E-state index in [2.05, 4.69) is 57.2 Å². The van der Waals surface area contributed by atoms with Crippen LogP contribution in [0.1, 0.15) is 393 Å². The maximum absolute atomic E-state index is 13.0. The number of rotatable bonds is 66. The largest absolute Gasteiger partial charge is 0.462 e. The van der Waals surface area contributed by atoms with Gasteiger partial charge >= 0.3 is 17.9 Å². The molecular weight excluding hydrogens is 973 g/mol. The summed E-state index contributed by atoms with van der Waals surface area (Å²) in [5.74, 6) is -0.844. The second-order valence-electron chi connectivity index (χ2n) is 24.1. The minimum absolute atomic E-state index is 0.0689. The van der Waals surface area contributed by atoms with Crippen LogP contribution in [0.25, 0.3) is 0 Å². The van der Waals surface area contributed by atoms with E-state index in [1.807, 2.05) is 0 Å². The van der Waals surface area contributed by atoms with E-state index in [-0.39, 0.29) is 31.1 Å². The molecule has 6 nitrogen and oxygen atoms in total. The van der Waals surface area contributed by atoms with Crippen molar-refractivity contribution < 1.29 is 28.6 Å². The van der Waals surface area contributed by atoms with Gasteiger partial charge < -0.3 is 14.2 Å². The molecule has 0 aliphatic heterocycles. The van der Waals surface area contributed by atoms with Crippen LogP contribution in [0.15, 0.2) is 36.5 Å². The lowest BCUT2D eigenvalue weighted by Crippen LogP contribution is -2.30. The lowest BCUT2D eigenvalue weighted by molar-refractivity contribution is -0.167. The molecule has 0 aromatic carbocycles. The summed E-state index contributed by atoms with van der Waals surface area (Å²) in [5, 5.41) is 0. The van der Waals surface area contributed by atoms with Crippen molar-refractivity contribution in [3.05, 3.63) is 36.5 Å². The number of hydrogen-bond donors (Lipinski definition) is 0. The second-order valence-corrected chi connectivity index (χ2v) is 24.1. The zero-order valence-corrected chi connectivity index (χ0v) is 53.4. The van der Waals surface area contributed by atoms with Gasteiger partial charge in [-0.25, -0.2) is 0 Å². The van der Waals surface area contributed by atoms with Crippen LogP contribution in [0.5, 0.6) is 0 Å². The monoisotopic (exact) mass is 1110 g/mol. The summed E-state index contributed by atoms with van der Waals surface area (Å²) < 4.78 is 17.0. The number of carbonyl (C=O) groups excluding carboxylic acids is 3. The number of unbranched alkanes of at least 4 members (excludes halogenated alkanes) is 49. The molecule has 0 aromatic heterocycles. The molecule has 1 unspecified atom stereocenters. The summed E-state index contributed by atoms with van der Waals surface area (Å²) >= 11 is 0. The minimum atomic E-state index is -0.774. The molecule has 6 heteroatoms. The third-order valence-electron chi connectivity index (χ3n) is 16.1. The number of esters is 3. The molecular formula is C73H136O6. The average molecular weight is 1110 g/mol. The van der Waals surface area contributed by atoms with Gasteiger partial charge in [-0.05, 0) is 77.0 Å². The van der Waals surface area contributed by atoms with Crippen molar-refractivity contribution >= 4 is 17.9 Å². The fourth-order valence-electron chi connectivity index (χ4n) is 10.8. The van der Waals surface area contributed by atoms with E-state index in [9.17, 15) is 14.4 Å². The predicted octanol–water partition coefficient (Wildman–Crippen LogP) is 24.3. The first-order valence-electron chi connectivity index (χ1n) is 35.5. The molecule has 0 amide bonds. The van der Waals surface area contributed by atoms with Crippen LogP contribution >= 0.6 is 0 Å². The molecule has 0 spiro atoms. The number of hydrogen-bond acceptors (Lipinski definition) is 6. The molecule has 0 N–H and O–H groups in total. The molecule has 0 aromatic rings. The Hall–Kier alpha value is -2.37. The van der Waals surface area contributed by atoms with E-state index in [0.29, 0.717) is 19.3 Å². The van der Waals surface area contributed by atoms with Crippen LogP contribution < -0.4 is 0 Å². The van der Waals surface area contributed by atoms with Crippen LogP contribution in [0.2, 0.25) is 0 Å². The van der Waals surface area contributed by atoms with Gasteiger partial charge in [0, 0.05) is 19.3 Å². The van der Waals surface area contributed by atoms with Gasteiger partial charge in [-0.3, -0.25) is 14.4 Å². The topological polar surface area (TPSA) is 78.9 Å². The van der Waals surface area contributed by atoms with Crippen molar-refractivity contribution in [3.8, 4) is 0 Å². The summed E-state index contributed by atoms with van der Waals surface area (Å²) in [6.45, 7) is 6.70. The summed E-state index contributed by atoms with van der Waals surface area (Å²) in [7, 11) is 0. The Kier molecular flexibility index (Phi) is 66.1. The quantitative estimate of drug-likeness (QED) is 0.0261. The fourth-order valence-corrected chi connectivity index (χ4v) is 10.8. The fraction of sp³-hybridized carbons (Fsp3) is 0.877. The highest BCUT2D eigenvalue weighted by atomic mass is 16.6. The van der Waals surface area contributed by atoms with E-state index in [0.717, 1.165) is 64.2 Å². The van der Waals surface area contributed by atoms with Crippen molar-refractivity contribution in [2.75, 3.05) is 13.2 Å². The van der Waals surface area contributed by atoms with Gasteiger partial charge in [0.15, 0.2) is 6.10 Å². The highest BCUT2D eigenvalue weighted by Gasteiger charge is 2.19. The van der Waals surface area contributed by atoms with Crippen molar-refractivity contribution in [2.24, 2.45) is 0 Å². The Morgan fingerprint density at radius 3 is 0.709 bits per heavy atom. The standard InChI is InChI=1S/C73H136O6/c1-4-7-10-13-16-19-22-25-28-31-33-35-36-38-39-42-45-48-51-54-57-60-63-66-72(75)78-69-70(68-77-71(74)65-62-59-56-53-50-47-44-41-30-27-24-21-18-15-12-9-6-3)79-73(76)67-64-61-58-55-52-49-46-43-40-37-34-32-29-26-23-20-17-14-11-8-5-2/h23,26,31-34,70H,4-22,24-25,27-30,35-69H2,1-3H3/b26-23-,33-31-,34-32-. The van der Waals surface area contributed by atoms with Gasteiger partial charge in [-0.15, -0.1) is 0 Å². The molecule has 0 bridgehead atoms. The van der Waals surface area contributed by atoms with E-state index in [4.69, 9.17) is 14.2 Å². The maximum atomic E-state index is 13.0. The van der Waals surface area contributed by atoms with Crippen molar-refractivity contribution in [1.29, 1.82) is 0 Å². The molecule has 0 rings (SSSR count). The van der Waals surface area contributed by atoms with Gasteiger partial charge in [-0.1, -0.05) is 333 Å². The first-order valence-corrected chi connectivity index (χ1v) is 35.5. The summed E-state index contributed by atoms with van der Waals surface area (Å²) in [4.78, 5) is 38.5. The maximum Gasteiger partial charge on any atom is 0.306 e. The Labute approximate surface area is 493 Å². The normalized spacial score (nSPS) is 12.2. The van der Waals surface area contributed by atoms with Crippen LogP contribution in [-0.2, 0) is 28.6 Å². The predicted molar refractivity (Wildman–Crippen MR) is 344 cm³/mol. The third-order valence-corrected chi connectivity index (χ3v) is 16.1. The molecule has 0 aliphatic carbocycles. The van der Waals surface area contributed by atoms with E-state index >= 15 is 0 Å². The first kappa shape index (κ1) is 76.6. The van der Waals surface area contributed by atoms with Gasteiger partial charge in [-0.2, -0.15) is 0 Å². The Balaban J connectivity index is 4.31. The van der Waals surface area contributed by atoms with Gasteiger partial charge in [0.05, 0.1) is 0 Å². The van der Waals surface area contributed by atoms with Crippen molar-refractivity contribution in [1.82, 2.24) is 0 Å². The summed E-state index contributed by atoms with van der Waals surface area (Å²) in [5.41, 5.74) is 0. The van der Waals surface area contributed by atoms with Crippen LogP contribution in [0.3, 0.4) is 0 Å². The van der Waals surface area contributed by atoms with Crippen molar-refractivity contribution in [3.63, 3.8) is 0 Å². The average Bonchev–Trinajstić information content (AvgIpc) is 3.45. The van der Waals surface area contributed by atoms with Crippen LogP contribution in [-0.4, -0.2) is 37.2 Å². The van der Waals surface area contributed by atoms with Crippen molar-refractivity contribution in [2.45, 2.75) is 399 Å². The smallest absolute Gasteiger partial charge is 0.306 e. The Bertz CT molecular complexity index is 1320. The highest BCUT2D eigenvalue weighted by molar-refractivity contribution is 5.71. The van der Waals surface area contributed by atoms with E-state index in [1.54, 1.807) is 0 Å². The second kappa shape index (κ2) is 68.1. The van der Waals surface area contributed by atoms with E-state index < -0.39 is 6.10 Å². The number of ether oxygens (including phenoxy) is 3. The first-order chi connectivity index (χ1) is 39.0. The summed E-state index contributed by atoms with van der Waals surface area (Å²) in [6.07, 6.45) is 84.5.